The Hall–Kier alpha value is -1.87. The van der Waals surface area contributed by atoms with E-state index in [9.17, 15) is 4.39 Å². The van der Waals surface area contributed by atoms with E-state index in [0.29, 0.717) is 13.2 Å². The van der Waals surface area contributed by atoms with Crippen LogP contribution >= 0.6 is 0 Å². The van der Waals surface area contributed by atoms with Gasteiger partial charge in [0.15, 0.2) is 0 Å². The van der Waals surface area contributed by atoms with Crippen LogP contribution in [0.1, 0.15) is 31.0 Å². The maximum Gasteiger partial charge on any atom is 0.123 e. The van der Waals surface area contributed by atoms with Crippen molar-refractivity contribution in [3.63, 3.8) is 0 Å². The smallest absolute Gasteiger partial charge is 0.123 e. The number of nitrogens with one attached hydrogen (secondary N) is 1. The van der Waals surface area contributed by atoms with Gasteiger partial charge in [0.25, 0.3) is 0 Å². The van der Waals surface area contributed by atoms with E-state index in [2.05, 4.69) is 18.3 Å². The third kappa shape index (κ3) is 3.81. The fourth-order valence-electron chi connectivity index (χ4n) is 2.08. The highest BCUT2D eigenvalue weighted by molar-refractivity contribution is 5.33. The molecule has 0 heterocycles. The summed E-state index contributed by atoms with van der Waals surface area (Å²) < 4.78 is 18.5. The minimum Gasteiger partial charge on any atom is -0.494 e. The summed E-state index contributed by atoms with van der Waals surface area (Å²) in [5.41, 5.74) is 2.20. The van der Waals surface area contributed by atoms with Gasteiger partial charge in [-0.15, -0.1) is 0 Å². The molecule has 1 atom stereocenters. The van der Waals surface area contributed by atoms with Crippen LogP contribution in [-0.2, 0) is 6.54 Å². The van der Waals surface area contributed by atoms with Gasteiger partial charge in [-0.3, -0.25) is 0 Å². The molecule has 1 unspecified atom stereocenters. The fourth-order valence-corrected chi connectivity index (χ4v) is 2.08. The van der Waals surface area contributed by atoms with Crippen LogP contribution in [0.2, 0.25) is 0 Å². The third-order valence-electron chi connectivity index (χ3n) is 3.24. The van der Waals surface area contributed by atoms with Crippen molar-refractivity contribution in [2.75, 3.05) is 6.61 Å². The molecule has 2 aromatic rings. The van der Waals surface area contributed by atoms with Crippen LogP contribution < -0.4 is 10.1 Å². The summed E-state index contributed by atoms with van der Waals surface area (Å²) >= 11 is 0. The zero-order chi connectivity index (χ0) is 14.4. The molecule has 2 aromatic carbocycles. The average molecular weight is 273 g/mol. The quantitative estimate of drug-likeness (QED) is 0.856. The molecule has 0 bridgehead atoms. The number of hydrogen-bond acceptors (Lipinski definition) is 2. The zero-order valence-electron chi connectivity index (χ0n) is 11.9. The predicted octanol–water partition coefficient (Wildman–Crippen LogP) is 4.08. The van der Waals surface area contributed by atoms with Gasteiger partial charge in [0, 0.05) is 18.2 Å². The molecular weight excluding hydrogens is 253 g/mol. The summed E-state index contributed by atoms with van der Waals surface area (Å²) in [6.45, 7) is 5.42. The summed E-state index contributed by atoms with van der Waals surface area (Å²) in [5, 5.41) is 3.43. The SMILES string of the molecule is CCOc1ccccc1CNC(C)c1ccc(F)cc1. The lowest BCUT2D eigenvalue weighted by Crippen LogP contribution is -2.18. The first-order valence-electron chi connectivity index (χ1n) is 6.90. The molecule has 0 fully saturated rings. The van der Waals surface area contributed by atoms with Gasteiger partial charge < -0.3 is 10.1 Å². The van der Waals surface area contributed by atoms with Crippen LogP contribution in [0.3, 0.4) is 0 Å². The van der Waals surface area contributed by atoms with E-state index in [4.69, 9.17) is 4.74 Å². The molecule has 2 rings (SSSR count). The third-order valence-corrected chi connectivity index (χ3v) is 3.24. The van der Waals surface area contributed by atoms with E-state index in [1.165, 1.54) is 12.1 Å². The summed E-state index contributed by atoms with van der Waals surface area (Å²) in [7, 11) is 0. The molecule has 2 nitrogen and oxygen atoms in total. The Labute approximate surface area is 119 Å². The molecule has 0 aromatic heterocycles. The number of hydrogen-bond donors (Lipinski definition) is 1. The van der Waals surface area contributed by atoms with Gasteiger partial charge in [-0.25, -0.2) is 4.39 Å². The lowest BCUT2D eigenvalue weighted by atomic mass is 10.1. The number of ether oxygens (including phenoxy) is 1. The molecule has 0 aliphatic carbocycles. The van der Waals surface area contributed by atoms with Crippen LogP contribution in [0.25, 0.3) is 0 Å². The molecule has 0 aliphatic rings. The van der Waals surface area contributed by atoms with Crippen molar-refractivity contribution in [3.05, 3.63) is 65.5 Å². The monoisotopic (exact) mass is 273 g/mol. The van der Waals surface area contributed by atoms with Crippen LogP contribution in [-0.4, -0.2) is 6.61 Å². The molecule has 0 saturated carbocycles. The van der Waals surface area contributed by atoms with E-state index in [0.717, 1.165) is 16.9 Å². The van der Waals surface area contributed by atoms with Crippen molar-refractivity contribution < 1.29 is 9.13 Å². The van der Waals surface area contributed by atoms with Crippen molar-refractivity contribution >= 4 is 0 Å². The first-order valence-corrected chi connectivity index (χ1v) is 6.90. The minimum absolute atomic E-state index is 0.158. The van der Waals surface area contributed by atoms with Crippen LogP contribution in [0.4, 0.5) is 4.39 Å². The van der Waals surface area contributed by atoms with Crippen LogP contribution in [0.5, 0.6) is 5.75 Å². The zero-order valence-corrected chi connectivity index (χ0v) is 11.9. The Balaban J connectivity index is 1.99. The number of halogens is 1. The lowest BCUT2D eigenvalue weighted by Gasteiger charge is -2.16. The number of rotatable bonds is 6. The topological polar surface area (TPSA) is 21.3 Å². The van der Waals surface area contributed by atoms with Crippen molar-refractivity contribution in [1.82, 2.24) is 5.32 Å². The van der Waals surface area contributed by atoms with Gasteiger partial charge >= 0.3 is 0 Å². The van der Waals surface area contributed by atoms with E-state index in [1.807, 2.05) is 25.1 Å². The molecule has 0 aliphatic heterocycles. The minimum atomic E-state index is -0.206. The molecule has 3 heteroatoms. The van der Waals surface area contributed by atoms with Crippen molar-refractivity contribution in [2.24, 2.45) is 0 Å². The molecule has 1 N–H and O–H groups in total. The number of para-hydroxylation sites is 1. The van der Waals surface area contributed by atoms with Gasteiger partial charge in [0.1, 0.15) is 11.6 Å². The van der Waals surface area contributed by atoms with Crippen LogP contribution in [0.15, 0.2) is 48.5 Å². The van der Waals surface area contributed by atoms with Crippen molar-refractivity contribution in [3.8, 4) is 5.75 Å². The highest BCUT2D eigenvalue weighted by atomic mass is 19.1. The first kappa shape index (κ1) is 14.5. The standard InChI is InChI=1S/C17H20FNO/c1-3-20-17-7-5-4-6-15(17)12-19-13(2)14-8-10-16(18)11-9-14/h4-11,13,19H,3,12H2,1-2H3. The molecule has 0 spiro atoms. The van der Waals surface area contributed by atoms with E-state index in [-0.39, 0.29) is 11.9 Å². The Bertz CT molecular complexity index is 539. The molecule has 20 heavy (non-hydrogen) atoms. The Morgan fingerprint density at radius 2 is 1.80 bits per heavy atom. The summed E-state index contributed by atoms with van der Waals surface area (Å²) in [6, 6.07) is 14.7. The average Bonchev–Trinajstić information content (AvgIpc) is 2.47. The van der Waals surface area contributed by atoms with Crippen LogP contribution in [0, 0.1) is 5.82 Å². The Morgan fingerprint density at radius 1 is 1.10 bits per heavy atom. The Morgan fingerprint density at radius 3 is 2.50 bits per heavy atom. The predicted molar refractivity (Wildman–Crippen MR) is 79.3 cm³/mol. The molecule has 0 saturated heterocycles. The largest absolute Gasteiger partial charge is 0.494 e. The van der Waals surface area contributed by atoms with E-state index in [1.54, 1.807) is 12.1 Å². The van der Waals surface area contributed by atoms with Gasteiger partial charge in [0.2, 0.25) is 0 Å². The second-order valence-electron chi connectivity index (χ2n) is 4.69. The van der Waals surface area contributed by atoms with E-state index >= 15 is 0 Å². The number of benzene rings is 2. The summed E-state index contributed by atoms with van der Waals surface area (Å²) in [6.07, 6.45) is 0. The first-order chi connectivity index (χ1) is 9.70. The fraction of sp³-hybridized carbons (Fsp3) is 0.294. The molecule has 106 valence electrons. The van der Waals surface area contributed by atoms with Gasteiger partial charge in [-0.1, -0.05) is 30.3 Å². The van der Waals surface area contributed by atoms with Gasteiger partial charge in [-0.05, 0) is 37.6 Å². The molecule has 0 amide bonds. The van der Waals surface area contributed by atoms with Gasteiger partial charge in [0.05, 0.1) is 6.61 Å². The lowest BCUT2D eigenvalue weighted by molar-refractivity contribution is 0.335. The van der Waals surface area contributed by atoms with Crippen molar-refractivity contribution in [1.29, 1.82) is 0 Å². The summed E-state index contributed by atoms with van der Waals surface area (Å²) in [4.78, 5) is 0. The van der Waals surface area contributed by atoms with E-state index < -0.39 is 0 Å². The molecular formula is C17H20FNO. The van der Waals surface area contributed by atoms with Crippen molar-refractivity contribution in [2.45, 2.75) is 26.4 Å². The van der Waals surface area contributed by atoms with Gasteiger partial charge in [-0.2, -0.15) is 0 Å². The highest BCUT2D eigenvalue weighted by Crippen LogP contribution is 2.19. The maximum absolute atomic E-state index is 12.9. The second kappa shape index (κ2) is 7.06. The normalized spacial score (nSPS) is 12.2. The molecule has 0 radical (unpaired) electrons. The second-order valence-corrected chi connectivity index (χ2v) is 4.69. The summed E-state index contributed by atoms with van der Waals surface area (Å²) in [5.74, 6) is 0.705. The Kier molecular flexibility index (Phi) is 5.13. The highest BCUT2D eigenvalue weighted by Gasteiger charge is 2.07. The maximum atomic E-state index is 12.9.